The van der Waals surface area contributed by atoms with Gasteiger partial charge in [0, 0.05) is 15.3 Å². The summed E-state index contributed by atoms with van der Waals surface area (Å²) in [5, 5.41) is 0. The van der Waals surface area contributed by atoms with Crippen LogP contribution in [-0.4, -0.2) is 6.29 Å². The number of rotatable bonds is 5. The van der Waals surface area contributed by atoms with Crippen molar-refractivity contribution in [2.24, 2.45) is 0 Å². The number of halogens is 2. The number of benzene rings is 1. The fraction of sp³-hybridized carbons (Fsp3) is 0.214. The van der Waals surface area contributed by atoms with E-state index in [-0.39, 0.29) is 12.2 Å². The summed E-state index contributed by atoms with van der Waals surface area (Å²) in [4.78, 5) is 12.6. The first-order valence-electron chi connectivity index (χ1n) is 5.78. The van der Waals surface area contributed by atoms with Crippen LogP contribution in [0.3, 0.4) is 0 Å². The van der Waals surface area contributed by atoms with Crippen LogP contribution in [0.2, 0.25) is 0 Å². The average Bonchev–Trinajstić information content (AvgIpc) is 2.85. The maximum atomic E-state index is 13.6. The third kappa shape index (κ3) is 3.17. The highest BCUT2D eigenvalue weighted by Crippen LogP contribution is 2.25. The Morgan fingerprint density at radius 3 is 2.37 bits per heavy atom. The molecule has 1 heterocycles. The number of hydrogen-bond donors (Lipinski definition) is 0. The molecule has 0 radical (unpaired) electrons. The molecular weight excluding hydrogens is 270 g/mol. The molecule has 0 atom stereocenters. The van der Waals surface area contributed by atoms with Gasteiger partial charge in [-0.25, -0.2) is 8.78 Å². The van der Waals surface area contributed by atoms with Crippen molar-refractivity contribution in [2.75, 3.05) is 0 Å². The van der Waals surface area contributed by atoms with Crippen LogP contribution in [0.5, 0.6) is 5.75 Å². The molecule has 0 saturated heterocycles. The summed E-state index contributed by atoms with van der Waals surface area (Å²) < 4.78 is 32.3. The first-order chi connectivity index (χ1) is 9.13. The minimum absolute atomic E-state index is 0.0493. The third-order valence-corrected chi connectivity index (χ3v) is 3.78. The van der Waals surface area contributed by atoms with E-state index in [2.05, 4.69) is 0 Å². The smallest absolute Gasteiger partial charge is 0.191 e. The van der Waals surface area contributed by atoms with Gasteiger partial charge in [-0.1, -0.05) is 6.92 Å². The van der Waals surface area contributed by atoms with Crippen molar-refractivity contribution < 1.29 is 18.3 Å². The van der Waals surface area contributed by atoms with Crippen LogP contribution in [0.25, 0.3) is 0 Å². The predicted octanol–water partition coefficient (Wildman–Crippen LogP) is 3.98. The summed E-state index contributed by atoms with van der Waals surface area (Å²) in [5.41, 5.74) is -0.0493. The van der Waals surface area contributed by atoms with E-state index in [4.69, 9.17) is 4.74 Å². The second kappa shape index (κ2) is 5.93. The van der Waals surface area contributed by atoms with E-state index >= 15 is 0 Å². The molecule has 2 rings (SSSR count). The Bertz CT molecular complexity index is 570. The quantitative estimate of drug-likeness (QED) is 0.775. The van der Waals surface area contributed by atoms with E-state index in [1.165, 1.54) is 4.88 Å². The summed E-state index contributed by atoms with van der Waals surface area (Å²) in [7, 11) is 0. The molecule has 0 fully saturated rings. The molecule has 0 unspecified atom stereocenters. The fourth-order valence-corrected chi connectivity index (χ4v) is 2.49. The lowest BCUT2D eigenvalue weighted by molar-refractivity contribution is 0.112. The number of aryl methyl sites for hydroxylation is 1. The zero-order chi connectivity index (χ0) is 13.8. The average molecular weight is 282 g/mol. The first kappa shape index (κ1) is 13.7. The van der Waals surface area contributed by atoms with E-state index in [0.29, 0.717) is 6.29 Å². The molecule has 2 aromatic rings. The van der Waals surface area contributed by atoms with E-state index < -0.39 is 17.4 Å². The molecule has 1 aromatic heterocycles. The number of hydrogen-bond acceptors (Lipinski definition) is 3. The summed E-state index contributed by atoms with van der Waals surface area (Å²) >= 11 is 1.55. The van der Waals surface area contributed by atoms with Crippen molar-refractivity contribution in [1.29, 1.82) is 0 Å². The molecule has 0 saturated carbocycles. The van der Waals surface area contributed by atoms with Crippen molar-refractivity contribution in [3.05, 3.63) is 51.2 Å². The highest BCUT2D eigenvalue weighted by molar-refractivity contribution is 7.11. The second-order valence-electron chi connectivity index (χ2n) is 3.94. The van der Waals surface area contributed by atoms with Crippen LogP contribution in [0, 0.1) is 11.6 Å². The summed E-state index contributed by atoms with van der Waals surface area (Å²) in [6.45, 7) is 2.15. The minimum Gasteiger partial charge on any atom is -0.482 e. The lowest BCUT2D eigenvalue weighted by Gasteiger charge is -2.07. The molecule has 0 spiro atoms. The van der Waals surface area contributed by atoms with Crippen molar-refractivity contribution in [1.82, 2.24) is 0 Å². The van der Waals surface area contributed by atoms with Crippen LogP contribution in [0.4, 0.5) is 8.78 Å². The van der Waals surface area contributed by atoms with Crippen molar-refractivity contribution in [3.8, 4) is 5.75 Å². The molecule has 0 N–H and O–H groups in total. The highest BCUT2D eigenvalue weighted by atomic mass is 32.1. The summed E-state index contributed by atoms with van der Waals surface area (Å²) in [5.74, 6) is -2.18. The second-order valence-corrected chi connectivity index (χ2v) is 5.19. The van der Waals surface area contributed by atoms with Gasteiger partial charge in [-0.15, -0.1) is 11.3 Å². The van der Waals surface area contributed by atoms with Gasteiger partial charge in [0.25, 0.3) is 0 Å². The van der Waals surface area contributed by atoms with Gasteiger partial charge in [-0.2, -0.15) is 0 Å². The zero-order valence-corrected chi connectivity index (χ0v) is 11.1. The lowest BCUT2D eigenvalue weighted by atomic mass is 10.2. The largest absolute Gasteiger partial charge is 0.482 e. The van der Waals surface area contributed by atoms with Gasteiger partial charge in [0.1, 0.15) is 12.9 Å². The van der Waals surface area contributed by atoms with Crippen molar-refractivity contribution in [3.63, 3.8) is 0 Å². The van der Waals surface area contributed by atoms with Crippen LogP contribution in [0.1, 0.15) is 27.0 Å². The number of thiophene rings is 1. The molecular formula is C14H12F2O2S. The molecule has 100 valence electrons. The normalized spacial score (nSPS) is 10.5. The van der Waals surface area contributed by atoms with Gasteiger partial charge >= 0.3 is 0 Å². The van der Waals surface area contributed by atoms with Crippen molar-refractivity contribution >= 4 is 17.6 Å². The predicted molar refractivity (Wildman–Crippen MR) is 69.8 cm³/mol. The van der Waals surface area contributed by atoms with Gasteiger partial charge in [0.15, 0.2) is 17.4 Å². The molecule has 0 aliphatic rings. The monoisotopic (exact) mass is 282 g/mol. The van der Waals surface area contributed by atoms with Crippen LogP contribution in [-0.2, 0) is 13.0 Å². The Hall–Kier alpha value is -1.75. The SMILES string of the molecule is CCc1ccc(COc2c(F)cc(C=O)cc2F)s1. The van der Waals surface area contributed by atoms with Crippen molar-refractivity contribution in [2.45, 2.75) is 20.0 Å². The van der Waals surface area contributed by atoms with Gasteiger partial charge in [0.2, 0.25) is 0 Å². The zero-order valence-electron chi connectivity index (χ0n) is 10.3. The summed E-state index contributed by atoms with van der Waals surface area (Å²) in [6.07, 6.45) is 1.31. The van der Waals surface area contributed by atoms with Gasteiger partial charge in [-0.3, -0.25) is 4.79 Å². The van der Waals surface area contributed by atoms with E-state index in [1.807, 2.05) is 19.1 Å². The van der Waals surface area contributed by atoms with E-state index in [0.717, 1.165) is 23.4 Å². The Balaban J connectivity index is 2.13. The summed E-state index contributed by atoms with van der Waals surface area (Å²) in [6, 6.07) is 5.75. The van der Waals surface area contributed by atoms with Crippen LogP contribution >= 0.6 is 11.3 Å². The molecule has 2 nitrogen and oxygen atoms in total. The van der Waals surface area contributed by atoms with Gasteiger partial charge in [0.05, 0.1) is 0 Å². The third-order valence-electron chi connectivity index (χ3n) is 2.58. The Morgan fingerprint density at radius 1 is 1.21 bits per heavy atom. The van der Waals surface area contributed by atoms with E-state index in [1.54, 1.807) is 11.3 Å². The Morgan fingerprint density at radius 2 is 1.84 bits per heavy atom. The minimum atomic E-state index is -0.866. The number of ether oxygens (including phenoxy) is 1. The maximum absolute atomic E-state index is 13.6. The first-order valence-corrected chi connectivity index (χ1v) is 6.60. The van der Waals surface area contributed by atoms with E-state index in [9.17, 15) is 13.6 Å². The molecule has 0 aliphatic carbocycles. The van der Waals surface area contributed by atoms with Crippen LogP contribution in [0.15, 0.2) is 24.3 Å². The van der Waals surface area contributed by atoms with Gasteiger partial charge in [-0.05, 0) is 30.7 Å². The standard InChI is InChI=1S/C14H12F2O2S/c1-2-10-3-4-11(19-10)8-18-14-12(15)5-9(7-17)6-13(14)16/h3-7H,2,8H2,1H3. The lowest BCUT2D eigenvalue weighted by Crippen LogP contribution is -1.99. The highest BCUT2D eigenvalue weighted by Gasteiger charge is 2.13. The molecule has 5 heteroatoms. The number of carbonyl (C=O) groups is 1. The Kier molecular flexibility index (Phi) is 4.27. The molecule has 0 amide bonds. The molecule has 0 bridgehead atoms. The maximum Gasteiger partial charge on any atom is 0.191 e. The van der Waals surface area contributed by atoms with Gasteiger partial charge < -0.3 is 4.74 Å². The molecule has 19 heavy (non-hydrogen) atoms. The topological polar surface area (TPSA) is 26.3 Å². The fourth-order valence-electron chi connectivity index (χ4n) is 1.62. The van der Waals surface area contributed by atoms with Crippen LogP contribution < -0.4 is 4.74 Å². The number of aldehydes is 1. The Labute approximate surface area is 113 Å². The number of carbonyl (C=O) groups excluding carboxylic acids is 1. The molecule has 1 aromatic carbocycles. The molecule has 0 aliphatic heterocycles.